The van der Waals surface area contributed by atoms with Crippen molar-refractivity contribution in [2.75, 3.05) is 13.7 Å². The van der Waals surface area contributed by atoms with Crippen molar-refractivity contribution in [2.45, 2.75) is 51.2 Å². The minimum atomic E-state index is 0.354. The second kappa shape index (κ2) is 6.91. The van der Waals surface area contributed by atoms with E-state index in [9.17, 15) is 0 Å². The quantitative estimate of drug-likeness (QED) is 0.834. The highest BCUT2D eigenvalue weighted by Gasteiger charge is 2.13. The van der Waals surface area contributed by atoms with Crippen LogP contribution in [0.1, 0.15) is 37.3 Å². The Balaban J connectivity index is 1.81. The van der Waals surface area contributed by atoms with Crippen LogP contribution in [0.15, 0.2) is 24.3 Å². The van der Waals surface area contributed by atoms with Crippen molar-refractivity contribution in [3.8, 4) is 0 Å². The SMILES string of the molecule is COC(C)CCc1ccc(CC2CCCN2)cc1. The summed E-state index contributed by atoms with van der Waals surface area (Å²) in [4.78, 5) is 0. The number of nitrogens with one attached hydrogen (secondary N) is 1. The Morgan fingerprint density at radius 3 is 2.61 bits per heavy atom. The van der Waals surface area contributed by atoms with Gasteiger partial charge in [0.2, 0.25) is 0 Å². The van der Waals surface area contributed by atoms with Crippen molar-refractivity contribution in [3.63, 3.8) is 0 Å². The van der Waals surface area contributed by atoms with E-state index in [-0.39, 0.29) is 0 Å². The number of benzene rings is 1. The van der Waals surface area contributed by atoms with Gasteiger partial charge in [0.15, 0.2) is 0 Å². The summed E-state index contributed by atoms with van der Waals surface area (Å²) in [6.45, 7) is 3.32. The molecule has 0 radical (unpaired) electrons. The van der Waals surface area contributed by atoms with Crippen LogP contribution in [-0.2, 0) is 17.6 Å². The number of hydrogen-bond acceptors (Lipinski definition) is 2. The highest BCUT2D eigenvalue weighted by atomic mass is 16.5. The normalized spacial score (nSPS) is 21.1. The lowest BCUT2D eigenvalue weighted by Gasteiger charge is -2.11. The molecule has 1 saturated heterocycles. The van der Waals surface area contributed by atoms with Gasteiger partial charge in [-0.15, -0.1) is 0 Å². The summed E-state index contributed by atoms with van der Waals surface area (Å²) in [6.07, 6.45) is 6.39. The van der Waals surface area contributed by atoms with Crippen molar-refractivity contribution in [1.82, 2.24) is 5.32 Å². The minimum absolute atomic E-state index is 0.354. The van der Waals surface area contributed by atoms with E-state index in [4.69, 9.17) is 4.74 Å². The van der Waals surface area contributed by atoms with Gasteiger partial charge in [-0.2, -0.15) is 0 Å². The summed E-state index contributed by atoms with van der Waals surface area (Å²) < 4.78 is 5.28. The second-order valence-corrected chi connectivity index (χ2v) is 5.40. The molecular formula is C16H25NO. The molecule has 0 bridgehead atoms. The lowest BCUT2D eigenvalue weighted by Crippen LogP contribution is -2.23. The van der Waals surface area contributed by atoms with Crippen LogP contribution in [0.5, 0.6) is 0 Å². The molecule has 1 N–H and O–H groups in total. The fraction of sp³-hybridized carbons (Fsp3) is 0.625. The van der Waals surface area contributed by atoms with E-state index in [0.717, 1.165) is 12.8 Å². The zero-order valence-electron chi connectivity index (χ0n) is 11.6. The highest BCUT2D eigenvalue weighted by molar-refractivity contribution is 5.23. The van der Waals surface area contributed by atoms with Crippen molar-refractivity contribution >= 4 is 0 Å². The fourth-order valence-electron chi connectivity index (χ4n) is 2.55. The minimum Gasteiger partial charge on any atom is -0.382 e. The number of methoxy groups -OCH3 is 1. The number of rotatable bonds is 6. The number of aryl methyl sites for hydroxylation is 1. The van der Waals surface area contributed by atoms with Crippen LogP contribution in [0.4, 0.5) is 0 Å². The smallest absolute Gasteiger partial charge is 0.0546 e. The van der Waals surface area contributed by atoms with Gasteiger partial charge in [0.05, 0.1) is 6.10 Å². The molecule has 2 unspecified atom stereocenters. The number of ether oxygens (including phenoxy) is 1. The zero-order chi connectivity index (χ0) is 12.8. The maximum Gasteiger partial charge on any atom is 0.0546 e. The van der Waals surface area contributed by atoms with Crippen LogP contribution in [0.3, 0.4) is 0 Å². The van der Waals surface area contributed by atoms with E-state index in [1.807, 2.05) is 0 Å². The van der Waals surface area contributed by atoms with Gasteiger partial charge in [-0.1, -0.05) is 24.3 Å². The molecular weight excluding hydrogens is 222 g/mol. The molecule has 1 aliphatic rings. The van der Waals surface area contributed by atoms with Crippen molar-refractivity contribution in [3.05, 3.63) is 35.4 Å². The van der Waals surface area contributed by atoms with E-state index in [1.165, 1.54) is 36.9 Å². The Kier molecular flexibility index (Phi) is 5.21. The monoisotopic (exact) mass is 247 g/mol. The third-order valence-corrected chi connectivity index (χ3v) is 3.91. The first-order chi connectivity index (χ1) is 8.78. The standard InChI is InChI=1S/C16H25NO/c1-13(18-2)5-6-14-7-9-15(10-8-14)12-16-4-3-11-17-16/h7-10,13,16-17H,3-6,11-12H2,1-2H3. The first-order valence-electron chi connectivity index (χ1n) is 7.12. The highest BCUT2D eigenvalue weighted by Crippen LogP contribution is 2.14. The van der Waals surface area contributed by atoms with E-state index in [0.29, 0.717) is 12.1 Å². The van der Waals surface area contributed by atoms with Crippen LogP contribution in [0.2, 0.25) is 0 Å². The molecule has 0 saturated carbocycles. The second-order valence-electron chi connectivity index (χ2n) is 5.40. The third kappa shape index (κ3) is 4.11. The molecule has 0 spiro atoms. The van der Waals surface area contributed by atoms with Crippen LogP contribution >= 0.6 is 0 Å². The molecule has 1 aliphatic heterocycles. The maximum absolute atomic E-state index is 5.28. The van der Waals surface area contributed by atoms with Crippen LogP contribution in [0.25, 0.3) is 0 Å². The van der Waals surface area contributed by atoms with Gasteiger partial charge in [-0.25, -0.2) is 0 Å². The Hall–Kier alpha value is -0.860. The molecule has 2 nitrogen and oxygen atoms in total. The third-order valence-electron chi connectivity index (χ3n) is 3.91. The molecule has 1 fully saturated rings. The van der Waals surface area contributed by atoms with Gasteiger partial charge >= 0.3 is 0 Å². The van der Waals surface area contributed by atoms with Crippen molar-refractivity contribution < 1.29 is 4.74 Å². The predicted octanol–water partition coefficient (Wildman–Crippen LogP) is 2.95. The fourth-order valence-corrected chi connectivity index (χ4v) is 2.55. The average molecular weight is 247 g/mol. The van der Waals surface area contributed by atoms with Crippen molar-refractivity contribution in [1.29, 1.82) is 0 Å². The summed E-state index contributed by atoms with van der Waals surface area (Å²) in [6, 6.07) is 9.81. The van der Waals surface area contributed by atoms with E-state index in [1.54, 1.807) is 7.11 Å². The molecule has 1 aromatic carbocycles. The van der Waals surface area contributed by atoms with Gasteiger partial charge in [-0.3, -0.25) is 0 Å². The molecule has 2 rings (SSSR count). The Morgan fingerprint density at radius 1 is 1.28 bits per heavy atom. The Morgan fingerprint density at radius 2 is 2.00 bits per heavy atom. The summed E-state index contributed by atoms with van der Waals surface area (Å²) >= 11 is 0. The Bertz CT molecular complexity index is 341. The topological polar surface area (TPSA) is 21.3 Å². The van der Waals surface area contributed by atoms with Crippen LogP contribution in [0, 0.1) is 0 Å². The summed E-state index contributed by atoms with van der Waals surface area (Å²) in [5.41, 5.74) is 2.87. The summed E-state index contributed by atoms with van der Waals surface area (Å²) in [7, 11) is 1.78. The van der Waals surface area contributed by atoms with Gasteiger partial charge in [-0.05, 0) is 56.7 Å². The van der Waals surface area contributed by atoms with Gasteiger partial charge in [0, 0.05) is 13.2 Å². The molecule has 2 heteroatoms. The first kappa shape index (κ1) is 13.6. The molecule has 100 valence electrons. The zero-order valence-corrected chi connectivity index (χ0v) is 11.6. The van der Waals surface area contributed by atoms with Gasteiger partial charge in [0.25, 0.3) is 0 Å². The van der Waals surface area contributed by atoms with Gasteiger partial charge < -0.3 is 10.1 Å². The van der Waals surface area contributed by atoms with E-state index >= 15 is 0 Å². The molecule has 0 amide bonds. The number of hydrogen-bond donors (Lipinski definition) is 1. The summed E-state index contributed by atoms with van der Waals surface area (Å²) in [5.74, 6) is 0. The molecule has 2 atom stereocenters. The van der Waals surface area contributed by atoms with Crippen molar-refractivity contribution in [2.24, 2.45) is 0 Å². The van der Waals surface area contributed by atoms with Crippen LogP contribution in [-0.4, -0.2) is 25.8 Å². The van der Waals surface area contributed by atoms with E-state index < -0.39 is 0 Å². The average Bonchev–Trinajstić information content (AvgIpc) is 2.90. The molecule has 0 aromatic heterocycles. The first-order valence-corrected chi connectivity index (χ1v) is 7.12. The van der Waals surface area contributed by atoms with Crippen LogP contribution < -0.4 is 5.32 Å². The molecule has 1 aromatic rings. The largest absolute Gasteiger partial charge is 0.382 e. The lowest BCUT2D eigenvalue weighted by molar-refractivity contribution is 0.111. The molecule has 0 aliphatic carbocycles. The summed E-state index contributed by atoms with van der Waals surface area (Å²) in [5, 5.41) is 3.55. The predicted molar refractivity (Wildman–Crippen MR) is 76.0 cm³/mol. The molecule has 18 heavy (non-hydrogen) atoms. The Labute approximate surface area is 111 Å². The molecule has 1 heterocycles. The van der Waals surface area contributed by atoms with E-state index in [2.05, 4.69) is 36.5 Å². The maximum atomic E-state index is 5.28. The lowest BCUT2D eigenvalue weighted by atomic mass is 10.0. The van der Waals surface area contributed by atoms with Gasteiger partial charge in [0.1, 0.15) is 0 Å².